The zero-order chi connectivity index (χ0) is 15.2. The molecule has 0 bridgehead atoms. The molecule has 2 rings (SSSR count). The quantitative estimate of drug-likeness (QED) is 0.672. The van der Waals surface area contributed by atoms with Crippen LogP contribution in [0.3, 0.4) is 0 Å². The number of carboxylic acid groups (broad SMARTS) is 1. The van der Waals surface area contributed by atoms with E-state index in [2.05, 4.69) is 10.1 Å². The highest BCUT2D eigenvalue weighted by atomic mass is 16.4. The van der Waals surface area contributed by atoms with Crippen LogP contribution in [0.5, 0.6) is 0 Å². The van der Waals surface area contributed by atoms with Crippen LogP contribution >= 0.6 is 0 Å². The third-order valence-corrected chi connectivity index (χ3v) is 3.12. The summed E-state index contributed by atoms with van der Waals surface area (Å²) in [4.78, 5) is 15.0. The van der Waals surface area contributed by atoms with Crippen molar-refractivity contribution in [3.05, 3.63) is 36.3 Å². The van der Waals surface area contributed by atoms with Crippen molar-refractivity contribution in [2.75, 3.05) is 6.54 Å². The summed E-state index contributed by atoms with van der Waals surface area (Å²) < 4.78 is 1.83. The predicted octanol–water partition coefficient (Wildman–Crippen LogP) is 0.248. The number of aromatic nitrogens is 3. The topological polar surface area (TPSA) is 120 Å². The van der Waals surface area contributed by atoms with E-state index in [-0.39, 0.29) is 6.42 Å². The van der Waals surface area contributed by atoms with E-state index in [1.807, 2.05) is 23.0 Å². The normalized spacial score (nSPS) is 12.3. The summed E-state index contributed by atoms with van der Waals surface area (Å²) in [5, 5.41) is 13.0. The van der Waals surface area contributed by atoms with Gasteiger partial charge in [0.2, 0.25) is 0 Å². The molecule has 0 saturated heterocycles. The zero-order valence-corrected chi connectivity index (χ0v) is 11.6. The molecule has 0 amide bonds. The molecule has 0 saturated carbocycles. The Morgan fingerprint density at radius 1 is 1.38 bits per heavy atom. The fourth-order valence-corrected chi connectivity index (χ4v) is 1.93. The van der Waals surface area contributed by atoms with Crippen molar-refractivity contribution < 1.29 is 9.90 Å². The molecule has 0 aliphatic heterocycles. The third-order valence-electron chi connectivity index (χ3n) is 3.12. The summed E-state index contributed by atoms with van der Waals surface area (Å²) in [6, 6.07) is 2.77. The molecule has 0 spiro atoms. The van der Waals surface area contributed by atoms with Gasteiger partial charge in [-0.25, -0.2) is 0 Å². The highest BCUT2D eigenvalue weighted by Gasteiger charge is 2.12. The van der Waals surface area contributed by atoms with Gasteiger partial charge in [-0.2, -0.15) is 5.10 Å². The molecule has 0 fully saturated rings. The van der Waals surface area contributed by atoms with Gasteiger partial charge in [0.05, 0.1) is 11.9 Å². The monoisotopic (exact) mass is 289 g/mol. The van der Waals surface area contributed by atoms with Crippen molar-refractivity contribution in [3.8, 4) is 11.3 Å². The summed E-state index contributed by atoms with van der Waals surface area (Å²) in [7, 11) is 0. The molecule has 2 heterocycles. The Labute approximate surface area is 122 Å². The number of rotatable bonds is 7. The Morgan fingerprint density at radius 3 is 2.81 bits per heavy atom. The van der Waals surface area contributed by atoms with E-state index in [1.54, 1.807) is 12.4 Å². The van der Waals surface area contributed by atoms with E-state index in [1.165, 1.54) is 0 Å². The van der Waals surface area contributed by atoms with Gasteiger partial charge in [0.15, 0.2) is 0 Å². The van der Waals surface area contributed by atoms with Crippen LogP contribution in [0, 0.1) is 0 Å². The molecule has 21 heavy (non-hydrogen) atoms. The first-order valence-corrected chi connectivity index (χ1v) is 6.76. The average molecular weight is 289 g/mol. The van der Waals surface area contributed by atoms with Gasteiger partial charge in [0.25, 0.3) is 0 Å². The van der Waals surface area contributed by atoms with Gasteiger partial charge in [0.1, 0.15) is 6.04 Å². The number of carboxylic acids is 1. The first-order chi connectivity index (χ1) is 10.1. The van der Waals surface area contributed by atoms with E-state index >= 15 is 0 Å². The van der Waals surface area contributed by atoms with Gasteiger partial charge in [-0.05, 0) is 31.0 Å². The zero-order valence-electron chi connectivity index (χ0n) is 11.6. The van der Waals surface area contributed by atoms with Crippen molar-refractivity contribution in [2.24, 2.45) is 11.5 Å². The van der Waals surface area contributed by atoms with E-state index in [9.17, 15) is 4.79 Å². The van der Waals surface area contributed by atoms with Crippen LogP contribution < -0.4 is 11.5 Å². The smallest absolute Gasteiger partial charge is 0.320 e. The van der Waals surface area contributed by atoms with Crippen LogP contribution in [0.25, 0.3) is 11.3 Å². The van der Waals surface area contributed by atoms with Gasteiger partial charge in [-0.1, -0.05) is 6.07 Å². The molecule has 0 unspecified atom stereocenters. The summed E-state index contributed by atoms with van der Waals surface area (Å²) >= 11 is 0. The largest absolute Gasteiger partial charge is 0.480 e. The molecule has 0 aliphatic carbocycles. The van der Waals surface area contributed by atoms with Crippen molar-refractivity contribution >= 4 is 5.97 Å². The fraction of sp³-hybridized carbons (Fsp3) is 0.357. The Balaban J connectivity index is 2.04. The molecule has 0 radical (unpaired) electrons. The van der Waals surface area contributed by atoms with E-state index < -0.39 is 12.0 Å². The number of carbonyl (C=O) groups is 1. The minimum absolute atomic E-state index is 0.262. The molecule has 0 aromatic carbocycles. The summed E-state index contributed by atoms with van der Waals surface area (Å²) in [5.41, 5.74) is 13.5. The Bertz CT molecular complexity index is 594. The molecule has 112 valence electrons. The molecule has 2 aromatic heterocycles. The number of aliphatic carboxylic acids is 1. The van der Waals surface area contributed by atoms with E-state index in [4.69, 9.17) is 16.6 Å². The molecule has 7 heteroatoms. The Kier molecular flexibility index (Phi) is 5.02. The van der Waals surface area contributed by atoms with Gasteiger partial charge >= 0.3 is 5.97 Å². The number of nitrogens with two attached hydrogens (primary N) is 2. The SMILES string of the molecule is NCCCn1cc(-c2ccc(C[C@H](N)C(=O)O)cn2)cn1. The lowest BCUT2D eigenvalue weighted by molar-refractivity contribution is -0.138. The van der Waals surface area contributed by atoms with Gasteiger partial charge in [0, 0.05) is 24.5 Å². The van der Waals surface area contributed by atoms with Crippen LogP contribution in [0.2, 0.25) is 0 Å². The summed E-state index contributed by atoms with van der Waals surface area (Å²) in [6.07, 6.45) is 6.45. The lowest BCUT2D eigenvalue weighted by Crippen LogP contribution is -2.32. The fourth-order valence-electron chi connectivity index (χ4n) is 1.93. The third kappa shape index (κ3) is 4.11. The van der Waals surface area contributed by atoms with Crippen LogP contribution in [-0.4, -0.2) is 38.4 Å². The van der Waals surface area contributed by atoms with Gasteiger partial charge in [-0.3, -0.25) is 14.5 Å². The van der Waals surface area contributed by atoms with Crippen molar-refractivity contribution in [2.45, 2.75) is 25.4 Å². The maximum Gasteiger partial charge on any atom is 0.320 e. The number of pyridine rings is 1. The minimum Gasteiger partial charge on any atom is -0.480 e. The lowest BCUT2D eigenvalue weighted by Gasteiger charge is -2.06. The van der Waals surface area contributed by atoms with Crippen molar-refractivity contribution in [3.63, 3.8) is 0 Å². The number of nitrogens with zero attached hydrogens (tertiary/aromatic N) is 3. The molecule has 2 aromatic rings. The summed E-state index contributed by atoms with van der Waals surface area (Å²) in [5.74, 6) is -1.01. The second-order valence-electron chi connectivity index (χ2n) is 4.83. The second kappa shape index (κ2) is 6.96. The predicted molar refractivity (Wildman–Crippen MR) is 78.4 cm³/mol. The molecule has 7 nitrogen and oxygen atoms in total. The number of hydrogen-bond donors (Lipinski definition) is 3. The highest BCUT2D eigenvalue weighted by molar-refractivity contribution is 5.73. The van der Waals surface area contributed by atoms with Crippen LogP contribution in [0.1, 0.15) is 12.0 Å². The molecule has 5 N–H and O–H groups in total. The van der Waals surface area contributed by atoms with Gasteiger partial charge in [-0.15, -0.1) is 0 Å². The number of hydrogen-bond acceptors (Lipinski definition) is 5. The standard InChI is InChI=1S/C14H19N5O2/c15-4-1-5-19-9-11(8-18-19)13-3-2-10(7-17-13)6-12(16)14(20)21/h2-3,7-9,12H,1,4-6,15-16H2,(H,20,21)/t12-/m0/s1. The average Bonchev–Trinajstić information content (AvgIpc) is 2.94. The second-order valence-corrected chi connectivity index (χ2v) is 4.83. The van der Waals surface area contributed by atoms with Gasteiger partial charge < -0.3 is 16.6 Å². The Morgan fingerprint density at radius 2 is 2.19 bits per heavy atom. The van der Waals surface area contributed by atoms with E-state index in [0.29, 0.717) is 6.54 Å². The first-order valence-electron chi connectivity index (χ1n) is 6.76. The van der Waals surface area contributed by atoms with Crippen LogP contribution in [-0.2, 0) is 17.8 Å². The number of aryl methyl sites for hydroxylation is 1. The summed E-state index contributed by atoms with van der Waals surface area (Å²) in [6.45, 7) is 1.41. The maximum atomic E-state index is 10.7. The van der Waals surface area contributed by atoms with Crippen molar-refractivity contribution in [1.82, 2.24) is 14.8 Å². The van der Waals surface area contributed by atoms with E-state index in [0.717, 1.165) is 29.8 Å². The lowest BCUT2D eigenvalue weighted by atomic mass is 10.1. The highest BCUT2D eigenvalue weighted by Crippen LogP contribution is 2.16. The molecular formula is C14H19N5O2. The minimum atomic E-state index is -1.01. The molecular weight excluding hydrogens is 270 g/mol. The van der Waals surface area contributed by atoms with Crippen LogP contribution in [0.4, 0.5) is 0 Å². The molecule has 1 atom stereocenters. The van der Waals surface area contributed by atoms with Crippen LogP contribution in [0.15, 0.2) is 30.7 Å². The molecule has 0 aliphatic rings. The maximum absolute atomic E-state index is 10.7. The first kappa shape index (κ1) is 15.1. The Hall–Kier alpha value is -2.25. The van der Waals surface area contributed by atoms with Crippen molar-refractivity contribution in [1.29, 1.82) is 0 Å².